The smallest absolute Gasteiger partial charge is 0.329 e. The van der Waals surface area contributed by atoms with Gasteiger partial charge in [-0.1, -0.05) is 35.5 Å². The Morgan fingerprint density at radius 3 is 2.30 bits per heavy atom. The van der Waals surface area contributed by atoms with Crippen LogP contribution in [-0.4, -0.2) is 14.3 Å². The Balaban J connectivity index is 1.94. The molecule has 0 saturated heterocycles. The maximum absolute atomic E-state index is 12.5. The third-order valence-corrected chi connectivity index (χ3v) is 4.31. The molecule has 23 heavy (non-hydrogen) atoms. The molecule has 0 radical (unpaired) electrons. The van der Waals surface area contributed by atoms with Crippen molar-refractivity contribution in [1.82, 2.24) is 10.1 Å². The Bertz CT molecular complexity index is 847. The van der Waals surface area contributed by atoms with Gasteiger partial charge in [0.25, 0.3) is 0 Å². The van der Waals surface area contributed by atoms with E-state index >= 15 is 0 Å². The van der Waals surface area contributed by atoms with Crippen LogP contribution in [0.1, 0.15) is 5.89 Å². The molecule has 1 heterocycles. The summed E-state index contributed by atoms with van der Waals surface area (Å²) in [6.45, 7) is 0. The van der Waals surface area contributed by atoms with Crippen molar-refractivity contribution in [3.8, 4) is 11.4 Å². The standard InChI is InChI=1S/C15H9F3N2O2S/c16-15(17,18)14-19-13(20-22-14)10-5-4-8-12(9-10)23(21)11-6-2-1-3-7-11/h1-9H. The van der Waals surface area contributed by atoms with E-state index in [0.29, 0.717) is 15.4 Å². The highest BCUT2D eigenvalue weighted by Crippen LogP contribution is 2.30. The van der Waals surface area contributed by atoms with E-state index in [0.717, 1.165) is 0 Å². The first-order valence-corrected chi connectivity index (χ1v) is 7.58. The van der Waals surface area contributed by atoms with Gasteiger partial charge in [-0.25, -0.2) is 4.21 Å². The highest BCUT2D eigenvalue weighted by atomic mass is 32.2. The fourth-order valence-corrected chi connectivity index (χ4v) is 3.00. The van der Waals surface area contributed by atoms with Gasteiger partial charge in [0.1, 0.15) is 0 Å². The van der Waals surface area contributed by atoms with Crippen LogP contribution in [0.2, 0.25) is 0 Å². The van der Waals surface area contributed by atoms with Gasteiger partial charge in [-0.15, -0.1) is 0 Å². The highest BCUT2D eigenvalue weighted by molar-refractivity contribution is 7.85. The second kappa shape index (κ2) is 5.96. The molecule has 3 rings (SSSR count). The lowest BCUT2D eigenvalue weighted by atomic mass is 10.2. The highest BCUT2D eigenvalue weighted by Gasteiger charge is 2.38. The molecule has 1 atom stereocenters. The summed E-state index contributed by atoms with van der Waals surface area (Å²) in [7, 11) is -1.45. The zero-order valence-corrected chi connectivity index (χ0v) is 12.3. The zero-order chi connectivity index (χ0) is 16.4. The fourth-order valence-electron chi connectivity index (χ4n) is 1.89. The molecule has 2 aromatic carbocycles. The molecule has 0 aliphatic heterocycles. The summed E-state index contributed by atoms with van der Waals surface area (Å²) >= 11 is 0. The number of nitrogens with zero attached hydrogens (tertiary/aromatic N) is 2. The second-order valence-electron chi connectivity index (χ2n) is 4.53. The van der Waals surface area contributed by atoms with Crippen LogP contribution in [0.15, 0.2) is 68.9 Å². The van der Waals surface area contributed by atoms with Gasteiger partial charge in [0.15, 0.2) is 0 Å². The Labute approximate surface area is 131 Å². The lowest BCUT2D eigenvalue weighted by molar-refractivity contribution is -0.159. The van der Waals surface area contributed by atoms with E-state index in [4.69, 9.17) is 0 Å². The van der Waals surface area contributed by atoms with Gasteiger partial charge in [-0.2, -0.15) is 18.2 Å². The first-order valence-electron chi connectivity index (χ1n) is 6.43. The molecule has 3 aromatic rings. The van der Waals surface area contributed by atoms with E-state index in [2.05, 4.69) is 14.7 Å². The first-order chi connectivity index (χ1) is 10.9. The van der Waals surface area contributed by atoms with Gasteiger partial charge in [0.2, 0.25) is 5.82 Å². The molecule has 8 heteroatoms. The van der Waals surface area contributed by atoms with Crippen molar-refractivity contribution in [3.63, 3.8) is 0 Å². The normalized spacial score (nSPS) is 13.0. The largest absolute Gasteiger partial charge is 0.471 e. The van der Waals surface area contributed by atoms with Crippen LogP contribution in [0.3, 0.4) is 0 Å². The van der Waals surface area contributed by atoms with Gasteiger partial charge >= 0.3 is 12.1 Å². The van der Waals surface area contributed by atoms with Gasteiger partial charge in [-0.3, -0.25) is 0 Å². The molecule has 118 valence electrons. The van der Waals surface area contributed by atoms with E-state index in [-0.39, 0.29) is 5.82 Å². The topological polar surface area (TPSA) is 56.0 Å². The summed E-state index contributed by atoms with van der Waals surface area (Å²) in [6, 6.07) is 14.9. The van der Waals surface area contributed by atoms with Crippen LogP contribution < -0.4 is 0 Å². The quantitative estimate of drug-likeness (QED) is 0.726. The Morgan fingerprint density at radius 2 is 1.65 bits per heavy atom. The van der Waals surface area contributed by atoms with E-state index in [1.54, 1.807) is 42.5 Å². The van der Waals surface area contributed by atoms with E-state index in [1.807, 2.05) is 0 Å². The van der Waals surface area contributed by atoms with E-state index in [1.165, 1.54) is 12.1 Å². The monoisotopic (exact) mass is 338 g/mol. The Kier molecular flexibility index (Phi) is 3.99. The lowest BCUT2D eigenvalue weighted by Gasteiger charge is -2.03. The Hall–Kier alpha value is -2.48. The van der Waals surface area contributed by atoms with Crippen molar-refractivity contribution >= 4 is 10.8 Å². The van der Waals surface area contributed by atoms with Crippen molar-refractivity contribution < 1.29 is 21.9 Å². The van der Waals surface area contributed by atoms with Crippen molar-refractivity contribution in [1.29, 1.82) is 0 Å². The van der Waals surface area contributed by atoms with Gasteiger partial charge < -0.3 is 4.52 Å². The van der Waals surface area contributed by atoms with Crippen molar-refractivity contribution in [2.75, 3.05) is 0 Å². The number of hydrogen-bond acceptors (Lipinski definition) is 4. The first kappa shape index (κ1) is 15.4. The van der Waals surface area contributed by atoms with Crippen LogP contribution in [-0.2, 0) is 17.0 Å². The molecule has 1 unspecified atom stereocenters. The Morgan fingerprint density at radius 1 is 0.957 bits per heavy atom. The maximum Gasteiger partial charge on any atom is 0.471 e. The summed E-state index contributed by atoms with van der Waals surface area (Å²) in [5.74, 6) is -1.62. The molecule has 0 fully saturated rings. The summed E-state index contributed by atoms with van der Waals surface area (Å²) in [5.41, 5.74) is 0.297. The van der Waals surface area contributed by atoms with E-state index in [9.17, 15) is 17.4 Å². The van der Waals surface area contributed by atoms with Crippen LogP contribution >= 0.6 is 0 Å². The third-order valence-electron chi connectivity index (χ3n) is 2.93. The van der Waals surface area contributed by atoms with Gasteiger partial charge in [0, 0.05) is 15.4 Å². The molecule has 0 N–H and O–H groups in total. The van der Waals surface area contributed by atoms with Gasteiger partial charge in [-0.05, 0) is 24.3 Å². The number of halogens is 3. The number of alkyl halides is 3. The minimum atomic E-state index is -4.70. The lowest BCUT2D eigenvalue weighted by Crippen LogP contribution is -2.04. The van der Waals surface area contributed by atoms with Crippen molar-refractivity contribution in [2.45, 2.75) is 16.0 Å². The average Bonchev–Trinajstić information content (AvgIpc) is 3.05. The number of aromatic nitrogens is 2. The van der Waals surface area contributed by atoms with Crippen molar-refractivity contribution in [3.05, 3.63) is 60.5 Å². The molecule has 0 amide bonds. The fraction of sp³-hybridized carbons (Fsp3) is 0.0667. The number of benzene rings is 2. The molecule has 0 aliphatic carbocycles. The van der Waals surface area contributed by atoms with E-state index < -0.39 is 22.9 Å². The molecule has 1 aromatic heterocycles. The van der Waals surface area contributed by atoms with Crippen LogP contribution in [0.5, 0.6) is 0 Å². The summed E-state index contributed by atoms with van der Waals surface area (Å²) in [6.07, 6.45) is -4.70. The molecular formula is C15H9F3N2O2S. The minimum Gasteiger partial charge on any atom is -0.329 e. The molecular weight excluding hydrogens is 329 g/mol. The summed E-state index contributed by atoms with van der Waals surface area (Å²) in [5, 5.41) is 3.32. The second-order valence-corrected chi connectivity index (χ2v) is 6.01. The summed E-state index contributed by atoms with van der Waals surface area (Å²) < 4.78 is 54.2. The average molecular weight is 338 g/mol. The van der Waals surface area contributed by atoms with Crippen LogP contribution in [0, 0.1) is 0 Å². The predicted octanol–water partition coefficient (Wildman–Crippen LogP) is 3.92. The number of rotatable bonds is 3. The molecule has 0 saturated carbocycles. The third kappa shape index (κ3) is 3.31. The molecule has 0 spiro atoms. The SMILES string of the molecule is O=S(c1ccccc1)c1cccc(-c2noc(C(F)(F)F)n2)c1. The van der Waals surface area contributed by atoms with Crippen LogP contribution in [0.4, 0.5) is 13.2 Å². The zero-order valence-electron chi connectivity index (χ0n) is 11.4. The van der Waals surface area contributed by atoms with Gasteiger partial charge in [0.05, 0.1) is 10.8 Å². The minimum absolute atomic E-state index is 0.204. The molecule has 0 aliphatic rings. The summed E-state index contributed by atoms with van der Waals surface area (Å²) in [4.78, 5) is 4.35. The van der Waals surface area contributed by atoms with Crippen LogP contribution in [0.25, 0.3) is 11.4 Å². The maximum atomic E-state index is 12.5. The number of hydrogen-bond donors (Lipinski definition) is 0. The van der Waals surface area contributed by atoms with Crippen molar-refractivity contribution in [2.24, 2.45) is 0 Å². The molecule has 0 bridgehead atoms. The predicted molar refractivity (Wildman–Crippen MR) is 75.9 cm³/mol. The molecule has 4 nitrogen and oxygen atoms in total.